The Kier molecular flexibility index (Phi) is 8.08. The number of benzene rings is 1. The van der Waals surface area contributed by atoms with E-state index in [1.165, 1.54) is 12.3 Å². The number of urea groups is 1. The van der Waals surface area contributed by atoms with Crippen LogP contribution in [0.1, 0.15) is 49.9 Å². The highest BCUT2D eigenvalue weighted by atomic mass is 19.1. The SMILES string of the molecule is C[C@@H]1CN([C@H](C)CO)C(=O)c2cc(-c3ccccc3F)cnc2O[C@@H]1CN(C)C(=O)NC1CCCC1. The van der Waals surface area contributed by atoms with Crippen LogP contribution in [0.2, 0.25) is 0 Å². The molecule has 9 heteroatoms. The molecule has 0 radical (unpaired) electrons. The van der Waals surface area contributed by atoms with E-state index in [1.54, 1.807) is 48.0 Å². The highest BCUT2D eigenvalue weighted by Crippen LogP contribution is 2.31. The molecule has 4 rings (SSSR count). The summed E-state index contributed by atoms with van der Waals surface area (Å²) in [6, 6.07) is 7.50. The third-order valence-corrected chi connectivity index (χ3v) is 7.19. The van der Waals surface area contributed by atoms with Crippen molar-refractivity contribution in [2.24, 2.45) is 5.92 Å². The van der Waals surface area contributed by atoms with Crippen LogP contribution in [0.15, 0.2) is 36.5 Å². The fourth-order valence-corrected chi connectivity index (χ4v) is 4.87. The van der Waals surface area contributed by atoms with Crippen molar-refractivity contribution < 1.29 is 23.8 Å². The predicted molar refractivity (Wildman–Crippen MR) is 134 cm³/mol. The Labute approximate surface area is 211 Å². The Morgan fingerprint density at radius 2 is 2.03 bits per heavy atom. The minimum atomic E-state index is -0.448. The summed E-state index contributed by atoms with van der Waals surface area (Å²) >= 11 is 0. The van der Waals surface area contributed by atoms with Crippen LogP contribution in [0.3, 0.4) is 0 Å². The number of aliphatic hydroxyl groups excluding tert-OH is 1. The Bertz CT molecular complexity index is 1090. The van der Waals surface area contributed by atoms with E-state index < -0.39 is 18.0 Å². The Morgan fingerprint density at radius 1 is 1.31 bits per heavy atom. The van der Waals surface area contributed by atoms with Gasteiger partial charge in [0, 0.05) is 42.9 Å². The molecule has 0 saturated heterocycles. The standard InChI is InChI=1S/C27H35FN4O4/c1-17-14-32(18(2)16-33)26(34)22-12-19(21-10-6-7-11-23(21)28)13-29-25(22)36-24(17)15-31(3)27(35)30-20-8-4-5-9-20/h6-7,10-13,17-18,20,24,33H,4-5,8-9,14-16H2,1-3H3,(H,30,35)/t17-,18-,24-/m1/s1. The quantitative estimate of drug-likeness (QED) is 0.634. The summed E-state index contributed by atoms with van der Waals surface area (Å²) < 4.78 is 20.7. The zero-order valence-corrected chi connectivity index (χ0v) is 21.1. The van der Waals surface area contributed by atoms with E-state index in [9.17, 15) is 19.1 Å². The monoisotopic (exact) mass is 498 g/mol. The first-order valence-electron chi connectivity index (χ1n) is 12.6. The molecule has 3 amide bonds. The molecule has 0 unspecified atom stereocenters. The first-order chi connectivity index (χ1) is 17.3. The van der Waals surface area contributed by atoms with Gasteiger partial charge in [0.05, 0.1) is 19.2 Å². The average molecular weight is 499 g/mol. The van der Waals surface area contributed by atoms with Gasteiger partial charge in [-0.3, -0.25) is 4.79 Å². The number of carbonyl (C=O) groups is 2. The number of nitrogens with one attached hydrogen (secondary N) is 1. The number of aliphatic hydroxyl groups is 1. The maximum absolute atomic E-state index is 14.5. The molecule has 0 spiro atoms. The molecule has 2 N–H and O–H groups in total. The zero-order chi connectivity index (χ0) is 25.8. The van der Waals surface area contributed by atoms with Crippen molar-refractivity contribution in [2.75, 3.05) is 26.7 Å². The van der Waals surface area contributed by atoms with Gasteiger partial charge in [0.2, 0.25) is 5.88 Å². The molecule has 1 fully saturated rings. The number of carbonyl (C=O) groups excluding carboxylic acids is 2. The first-order valence-corrected chi connectivity index (χ1v) is 12.6. The lowest BCUT2D eigenvalue weighted by atomic mass is 9.99. The van der Waals surface area contributed by atoms with E-state index in [4.69, 9.17) is 4.74 Å². The fraction of sp³-hybridized carbons (Fsp3) is 0.519. The van der Waals surface area contributed by atoms with E-state index in [-0.39, 0.29) is 41.9 Å². The summed E-state index contributed by atoms with van der Waals surface area (Å²) in [7, 11) is 1.73. The zero-order valence-electron chi connectivity index (χ0n) is 21.1. The average Bonchev–Trinajstić information content (AvgIpc) is 3.38. The van der Waals surface area contributed by atoms with Gasteiger partial charge in [-0.2, -0.15) is 0 Å². The van der Waals surface area contributed by atoms with Crippen molar-refractivity contribution in [1.82, 2.24) is 20.1 Å². The van der Waals surface area contributed by atoms with Gasteiger partial charge in [0.15, 0.2) is 0 Å². The van der Waals surface area contributed by atoms with Crippen LogP contribution in [0, 0.1) is 11.7 Å². The molecule has 1 aromatic carbocycles. The number of nitrogens with zero attached hydrogens (tertiary/aromatic N) is 3. The van der Waals surface area contributed by atoms with Crippen molar-refractivity contribution in [3.63, 3.8) is 0 Å². The molecule has 0 bridgehead atoms. The number of hydrogen-bond acceptors (Lipinski definition) is 5. The summed E-state index contributed by atoms with van der Waals surface area (Å²) in [5.41, 5.74) is 0.988. The molecule has 2 aromatic rings. The van der Waals surface area contributed by atoms with Gasteiger partial charge >= 0.3 is 6.03 Å². The molecule has 1 saturated carbocycles. The number of likely N-dealkylation sites (N-methyl/N-ethyl adjacent to an activating group) is 1. The smallest absolute Gasteiger partial charge is 0.317 e. The number of pyridine rings is 1. The van der Waals surface area contributed by atoms with Gasteiger partial charge in [-0.15, -0.1) is 0 Å². The van der Waals surface area contributed by atoms with Gasteiger partial charge in [-0.1, -0.05) is 38.0 Å². The van der Waals surface area contributed by atoms with E-state index in [0.717, 1.165) is 25.7 Å². The first kappa shape index (κ1) is 25.9. The van der Waals surface area contributed by atoms with E-state index in [0.29, 0.717) is 24.2 Å². The Hall–Kier alpha value is -3.20. The molecule has 194 valence electrons. The van der Waals surface area contributed by atoms with Crippen molar-refractivity contribution in [3.05, 3.63) is 47.9 Å². The van der Waals surface area contributed by atoms with Crippen molar-refractivity contribution in [1.29, 1.82) is 0 Å². The van der Waals surface area contributed by atoms with E-state index in [2.05, 4.69) is 10.3 Å². The van der Waals surface area contributed by atoms with Gasteiger partial charge in [0.25, 0.3) is 5.91 Å². The number of amides is 3. The number of hydrogen-bond donors (Lipinski definition) is 2. The Morgan fingerprint density at radius 3 is 2.72 bits per heavy atom. The molecule has 2 heterocycles. The highest BCUT2D eigenvalue weighted by molar-refractivity contribution is 5.98. The number of halogens is 1. The predicted octanol–water partition coefficient (Wildman–Crippen LogP) is 3.69. The van der Waals surface area contributed by atoms with Crippen LogP contribution in [0.4, 0.5) is 9.18 Å². The minimum Gasteiger partial charge on any atom is -0.472 e. The second-order valence-electron chi connectivity index (χ2n) is 9.99. The van der Waals surface area contributed by atoms with Crippen LogP contribution in [0.25, 0.3) is 11.1 Å². The lowest BCUT2D eigenvalue weighted by molar-refractivity contribution is 0.0351. The van der Waals surface area contributed by atoms with Gasteiger partial charge < -0.3 is 25.0 Å². The van der Waals surface area contributed by atoms with Gasteiger partial charge in [0.1, 0.15) is 17.5 Å². The van der Waals surface area contributed by atoms with E-state index in [1.807, 2.05) is 6.92 Å². The third-order valence-electron chi connectivity index (χ3n) is 7.19. The summed E-state index contributed by atoms with van der Waals surface area (Å²) in [6.45, 7) is 4.15. The van der Waals surface area contributed by atoms with Crippen molar-refractivity contribution >= 4 is 11.9 Å². The molecule has 8 nitrogen and oxygen atoms in total. The molecule has 2 aliphatic rings. The van der Waals surface area contributed by atoms with Crippen LogP contribution < -0.4 is 10.1 Å². The highest BCUT2D eigenvalue weighted by Gasteiger charge is 2.35. The van der Waals surface area contributed by atoms with E-state index >= 15 is 0 Å². The Balaban J connectivity index is 1.63. The summed E-state index contributed by atoms with van der Waals surface area (Å²) in [6.07, 6.45) is 5.28. The second-order valence-corrected chi connectivity index (χ2v) is 9.99. The van der Waals surface area contributed by atoms with Crippen molar-refractivity contribution in [3.8, 4) is 17.0 Å². The summed E-state index contributed by atoms with van der Waals surface area (Å²) in [5.74, 6) is -0.766. The van der Waals surface area contributed by atoms with Gasteiger partial charge in [-0.25, -0.2) is 14.2 Å². The largest absolute Gasteiger partial charge is 0.472 e. The van der Waals surface area contributed by atoms with Crippen LogP contribution in [-0.2, 0) is 0 Å². The normalized spacial score (nSPS) is 21.2. The van der Waals surface area contributed by atoms with Crippen LogP contribution in [-0.4, -0.2) is 76.8 Å². The summed E-state index contributed by atoms with van der Waals surface area (Å²) in [5, 5.41) is 12.9. The molecular weight excluding hydrogens is 463 g/mol. The minimum absolute atomic E-state index is 0.136. The molecule has 1 aliphatic heterocycles. The maximum atomic E-state index is 14.5. The summed E-state index contributed by atoms with van der Waals surface area (Å²) in [4.78, 5) is 34.0. The van der Waals surface area contributed by atoms with Crippen molar-refractivity contribution in [2.45, 2.75) is 57.7 Å². The molecule has 36 heavy (non-hydrogen) atoms. The number of rotatable bonds is 6. The third kappa shape index (κ3) is 5.61. The van der Waals surface area contributed by atoms with Crippen LogP contribution in [0.5, 0.6) is 5.88 Å². The maximum Gasteiger partial charge on any atom is 0.317 e. The van der Waals surface area contributed by atoms with Crippen LogP contribution >= 0.6 is 0 Å². The molecule has 1 aromatic heterocycles. The molecule has 1 aliphatic carbocycles. The topological polar surface area (TPSA) is 95.0 Å². The molecular formula is C27H35FN4O4. The lowest BCUT2D eigenvalue weighted by Gasteiger charge is -2.37. The fourth-order valence-electron chi connectivity index (χ4n) is 4.87. The number of aromatic nitrogens is 1. The number of fused-ring (bicyclic) bond motifs is 1. The van der Waals surface area contributed by atoms with Gasteiger partial charge in [-0.05, 0) is 31.9 Å². The second kappa shape index (κ2) is 11.2. The number of ether oxygens (including phenoxy) is 1. The molecule has 3 atom stereocenters. The lowest BCUT2D eigenvalue weighted by Crippen LogP contribution is -2.52.